The molecule has 0 radical (unpaired) electrons. The Hall–Kier alpha value is -0.240. The Kier molecular flexibility index (Phi) is 4.76. The molecular weight excluding hydrogens is 124 g/mol. The Morgan fingerprint density at radius 2 is 2.50 bits per heavy atom. The summed E-state index contributed by atoms with van der Waals surface area (Å²) in [6.45, 7) is 3.85. The Labute approximate surface area is 54.9 Å². The zero-order valence-electron chi connectivity index (χ0n) is 5.19. The lowest BCUT2D eigenvalue weighted by Crippen LogP contribution is -2.12. The first-order valence-corrected chi connectivity index (χ1v) is 3.12. The highest BCUT2D eigenvalue weighted by atomic mass is 35.5. The van der Waals surface area contributed by atoms with Gasteiger partial charge in [-0.2, -0.15) is 5.10 Å². The van der Waals surface area contributed by atoms with Crippen LogP contribution in [0, 0.1) is 0 Å². The Morgan fingerprint density at radius 3 is 2.88 bits per heavy atom. The molecule has 1 N–H and O–H groups in total. The quantitative estimate of drug-likeness (QED) is 0.269. The van der Waals surface area contributed by atoms with Gasteiger partial charge in [-0.15, -0.1) is 0 Å². The van der Waals surface area contributed by atoms with Gasteiger partial charge in [0.05, 0.1) is 0 Å². The zero-order chi connectivity index (χ0) is 6.41. The third-order valence-corrected chi connectivity index (χ3v) is 0.624. The van der Waals surface area contributed by atoms with E-state index in [4.69, 9.17) is 11.6 Å². The summed E-state index contributed by atoms with van der Waals surface area (Å²) in [5.41, 5.74) is 2.61. The molecule has 1 atom stereocenters. The van der Waals surface area contributed by atoms with Gasteiger partial charge in [-0.1, -0.05) is 18.5 Å². The molecule has 0 bridgehead atoms. The van der Waals surface area contributed by atoms with E-state index >= 15 is 0 Å². The Bertz CT molecular complexity index is 70.8. The van der Waals surface area contributed by atoms with E-state index in [2.05, 4.69) is 10.5 Å². The highest BCUT2D eigenvalue weighted by molar-refractivity contribution is 6.20. The van der Waals surface area contributed by atoms with Crippen LogP contribution >= 0.6 is 11.6 Å². The van der Waals surface area contributed by atoms with Crippen molar-refractivity contribution < 1.29 is 0 Å². The van der Waals surface area contributed by atoms with E-state index in [1.54, 1.807) is 6.21 Å². The predicted octanol–water partition coefficient (Wildman–Crippen LogP) is 1.56. The van der Waals surface area contributed by atoms with Crippen molar-refractivity contribution in [2.75, 3.05) is 0 Å². The van der Waals surface area contributed by atoms with Crippen molar-refractivity contribution in [3.63, 3.8) is 0 Å². The van der Waals surface area contributed by atoms with Gasteiger partial charge in [0.25, 0.3) is 0 Å². The molecule has 48 valence electrons. The average Bonchev–Trinajstić information content (AvgIpc) is 1.66. The van der Waals surface area contributed by atoms with Crippen LogP contribution in [-0.4, -0.2) is 11.7 Å². The SMILES string of the molecule is CC/C=N\NC(C)Cl. The molecule has 0 aliphatic heterocycles. The molecule has 0 aromatic rings. The van der Waals surface area contributed by atoms with Gasteiger partial charge in [-0.25, -0.2) is 0 Å². The lowest BCUT2D eigenvalue weighted by Gasteiger charge is -1.97. The van der Waals surface area contributed by atoms with Gasteiger partial charge in [0.15, 0.2) is 0 Å². The van der Waals surface area contributed by atoms with Crippen LogP contribution in [0.25, 0.3) is 0 Å². The second-order valence-corrected chi connectivity index (χ2v) is 2.12. The van der Waals surface area contributed by atoms with E-state index in [0.717, 1.165) is 6.42 Å². The van der Waals surface area contributed by atoms with Crippen LogP contribution in [0.1, 0.15) is 20.3 Å². The third kappa shape index (κ3) is 5.76. The summed E-state index contributed by atoms with van der Waals surface area (Å²) in [6.07, 6.45) is 2.72. The summed E-state index contributed by atoms with van der Waals surface area (Å²) >= 11 is 5.49. The van der Waals surface area contributed by atoms with Gasteiger partial charge in [0.2, 0.25) is 0 Å². The monoisotopic (exact) mass is 134 g/mol. The van der Waals surface area contributed by atoms with E-state index in [9.17, 15) is 0 Å². The minimum absolute atomic E-state index is 0.0715. The van der Waals surface area contributed by atoms with Gasteiger partial charge in [-0.3, -0.25) is 5.43 Å². The van der Waals surface area contributed by atoms with Crippen LogP contribution in [0.3, 0.4) is 0 Å². The van der Waals surface area contributed by atoms with E-state index in [-0.39, 0.29) is 5.50 Å². The normalized spacial score (nSPS) is 14.4. The maximum Gasteiger partial charge on any atom is 0.115 e. The average molecular weight is 135 g/mol. The molecule has 2 nitrogen and oxygen atoms in total. The first-order chi connectivity index (χ1) is 3.77. The summed E-state index contributed by atoms with van der Waals surface area (Å²) in [5.74, 6) is 0. The summed E-state index contributed by atoms with van der Waals surface area (Å²) in [5, 5.41) is 3.78. The lowest BCUT2D eigenvalue weighted by atomic mass is 10.6. The van der Waals surface area contributed by atoms with Gasteiger partial charge in [0, 0.05) is 6.21 Å². The fourth-order valence-electron chi connectivity index (χ4n) is 0.247. The molecule has 0 rings (SSSR count). The highest BCUT2D eigenvalue weighted by Gasteiger charge is 1.84. The van der Waals surface area contributed by atoms with E-state index in [0.29, 0.717) is 0 Å². The van der Waals surface area contributed by atoms with Gasteiger partial charge >= 0.3 is 0 Å². The van der Waals surface area contributed by atoms with Crippen molar-refractivity contribution in [1.29, 1.82) is 0 Å². The van der Waals surface area contributed by atoms with Crippen molar-refractivity contribution in [2.45, 2.75) is 25.8 Å². The number of halogens is 1. The largest absolute Gasteiger partial charge is 0.293 e. The minimum Gasteiger partial charge on any atom is -0.293 e. The number of rotatable bonds is 3. The molecule has 1 unspecified atom stereocenters. The third-order valence-electron chi connectivity index (χ3n) is 0.526. The standard InChI is InChI=1S/C5H11ClN2/c1-3-4-7-8-5(2)6/h4-5,8H,3H2,1-2H3/b7-4-. The molecular formula is C5H11ClN2. The molecule has 3 heteroatoms. The predicted molar refractivity (Wildman–Crippen MR) is 37.2 cm³/mol. The van der Waals surface area contributed by atoms with Gasteiger partial charge < -0.3 is 0 Å². The van der Waals surface area contributed by atoms with Crippen molar-refractivity contribution in [2.24, 2.45) is 5.10 Å². The molecule has 0 aliphatic rings. The highest BCUT2D eigenvalue weighted by Crippen LogP contribution is 1.84. The molecule has 0 saturated heterocycles. The first-order valence-electron chi connectivity index (χ1n) is 2.68. The summed E-state index contributed by atoms with van der Waals surface area (Å²) in [7, 11) is 0. The molecule has 0 aliphatic carbocycles. The topological polar surface area (TPSA) is 24.4 Å². The Balaban J connectivity index is 3.03. The second-order valence-electron chi connectivity index (χ2n) is 1.47. The number of hydrogen-bond donors (Lipinski definition) is 1. The fraction of sp³-hybridized carbons (Fsp3) is 0.800. The van der Waals surface area contributed by atoms with Crippen LogP contribution in [0.15, 0.2) is 5.10 Å². The number of hydrazone groups is 1. The van der Waals surface area contributed by atoms with Crippen LogP contribution in [-0.2, 0) is 0 Å². The minimum atomic E-state index is -0.0715. The number of nitrogens with zero attached hydrogens (tertiary/aromatic N) is 1. The van der Waals surface area contributed by atoms with E-state index in [1.165, 1.54) is 0 Å². The fourth-order valence-corrected chi connectivity index (χ4v) is 0.303. The van der Waals surface area contributed by atoms with Crippen LogP contribution in [0.4, 0.5) is 0 Å². The van der Waals surface area contributed by atoms with Gasteiger partial charge in [0.1, 0.15) is 5.50 Å². The van der Waals surface area contributed by atoms with Crippen molar-refractivity contribution in [1.82, 2.24) is 5.43 Å². The molecule has 0 fully saturated rings. The molecule has 0 heterocycles. The summed E-state index contributed by atoms with van der Waals surface area (Å²) in [4.78, 5) is 0. The Morgan fingerprint density at radius 1 is 1.88 bits per heavy atom. The summed E-state index contributed by atoms with van der Waals surface area (Å²) < 4.78 is 0. The maximum absolute atomic E-state index is 5.49. The number of hydrogen-bond acceptors (Lipinski definition) is 2. The molecule has 8 heavy (non-hydrogen) atoms. The smallest absolute Gasteiger partial charge is 0.115 e. The zero-order valence-corrected chi connectivity index (χ0v) is 5.94. The maximum atomic E-state index is 5.49. The second kappa shape index (κ2) is 4.91. The van der Waals surface area contributed by atoms with E-state index in [1.807, 2.05) is 13.8 Å². The van der Waals surface area contributed by atoms with E-state index < -0.39 is 0 Å². The van der Waals surface area contributed by atoms with Gasteiger partial charge in [-0.05, 0) is 13.3 Å². The van der Waals surface area contributed by atoms with Crippen molar-refractivity contribution in [3.8, 4) is 0 Å². The van der Waals surface area contributed by atoms with Crippen LogP contribution in [0.2, 0.25) is 0 Å². The van der Waals surface area contributed by atoms with Crippen molar-refractivity contribution >= 4 is 17.8 Å². The molecule has 0 amide bonds. The summed E-state index contributed by atoms with van der Waals surface area (Å²) in [6, 6.07) is 0. The molecule has 0 spiro atoms. The van der Waals surface area contributed by atoms with Crippen LogP contribution < -0.4 is 5.43 Å². The molecule has 0 saturated carbocycles. The van der Waals surface area contributed by atoms with Crippen LogP contribution in [0.5, 0.6) is 0 Å². The number of nitrogens with one attached hydrogen (secondary N) is 1. The first kappa shape index (κ1) is 7.76. The molecule has 0 aromatic heterocycles. The number of alkyl halides is 1. The lowest BCUT2D eigenvalue weighted by molar-refractivity contribution is 0.728. The molecule has 0 aromatic carbocycles. The van der Waals surface area contributed by atoms with Crippen molar-refractivity contribution in [3.05, 3.63) is 0 Å².